The molecule has 1 unspecified atom stereocenters. The summed E-state index contributed by atoms with van der Waals surface area (Å²) < 4.78 is 25.6. The third-order valence-electron chi connectivity index (χ3n) is 8.30. The number of anilines is 1. The van der Waals surface area contributed by atoms with Crippen LogP contribution < -0.4 is 4.90 Å². The van der Waals surface area contributed by atoms with E-state index in [1.54, 1.807) is 0 Å². The maximum Gasteiger partial charge on any atom is 0.153 e. The van der Waals surface area contributed by atoms with Crippen molar-refractivity contribution in [2.24, 2.45) is 10.9 Å². The molecule has 4 aromatic rings. The Morgan fingerprint density at radius 3 is 2.20 bits per heavy atom. The van der Waals surface area contributed by atoms with Crippen LogP contribution in [0.3, 0.4) is 0 Å². The normalized spacial score (nSPS) is 19.0. The second kappa shape index (κ2) is 11.0. The third kappa shape index (κ3) is 5.15. The molecule has 206 valence electrons. The van der Waals surface area contributed by atoms with Gasteiger partial charge in [0.1, 0.15) is 5.15 Å². The number of pyridine rings is 1. The van der Waals surface area contributed by atoms with E-state index in [9.17, 15) is 8.42 Å². The number of nitrogens with zero attached hydrogens (tertiary/aromatic N) is 3. The summed E-state index contributed by atoms with van der Waals surface area (Å²) in [4.78, 5) is 12.1. The van der Waals surface area contributed by atoms with Crippen LogP contribution >= 0.6 is 11.6 Å². The number of sulfone groups is 1. The fourth-order valence-electron chi connectivity index (χ4n) is 6.30. The molecule has 0 bridgehead atoms. The minimum absolute atomic E-state index is 0.154. The van der Waals surface area contributed by atoms with Gasteiger partial charge < -0.3 is 4.90 Å². The van der Waals surface area contributed by atoms with Crippen LogP contribution in [0.5, 0.6) is 0 Å². The summed E-state index contributed by atoms with van der Waals surface area (Å²) in [5.74, 6) is 0.670. The maximum atomic E-state index is 12.8. The van der Waals surface area contributed by atoms with Gasteiger partial charge in [0.2, 0.25) is 0 Å². The number of hydrogen-bond acceptors (Lipinski definition) is 5. The van der Waals surface area contributed by atoms with Crippen LogP contribution in [-0.2, 0) is 9.84 Å². The molecule has 0 N–H and O–H groups in total. The minimum atomic E-state index is -3.02. The summed E-state index contributed by atoms with van der Waals surface area (Å²) in [5, 5.41) is 2.28. The lowest BCUT2D eigenvalue weighted by Crippen LogP contribution is -2.55. The average Bonchev–Trinajstić information content (AvgIpc) is 2.92. The second-order valence-corrected chi connectivity index (χ2v) is 14.0. The molecule has 7 heteroatoms. The molecule has 1 atom stereocenters. The molecule has 0 aliphatic carbocycles. The lowest BCUT2D eigenvalue weighted by Gasteiger charge is -2.46. The molecule has 2 fully saturated rings. The Hall–Kier alpha value is -3.22. The number of benzene rings is 3. The van der Waals surface area contributed by atoms with Gasteiger partial charge in [-0.3, -0.25) is 0 Å². The van der Waals surface area contributed by atoms with E-state index in [0.29, 0.717) is 10.9 Å². The highest BCUT2D eigenvalue weighted by Crippen LogP contribution is 2.44. The average molecular weight is 572 g/mol. The first-order valence-electron chi connectivity index (χ1n) is 14.1. The summed E-state index contributed by atoms with van der Waals surface area (Å²) in [7, 11) is -3.02. The predicted octanol–water partition coefficient (Wildman–Crippen LogP) is 7.58. The molecule has 3 heterocycles. The lowest BCUT2D eigenvalue weighted by molar-refractivity contribution is 0.360. The Morgan fingerprint density at radius 2 is 1.60 bits per heavy atom. The van der Waals surface area contributed by atoms with Gasteiger partial charge in [-0.25, -0.2) is 18.4 Å². The molecule has 2 saturated heterocycles. The van der Waals surface area contributed by atoms with E-state index in [-0.39, 0.29) is 17.1 Å². The van der Waals surface area contributed by atoms with Crippen molar-refractivity contribution >= 4 is 49.3 Å². The van der Waals surface area contributed by atoms with Crippen molar-refractivity contribution in [3.63, 3.8) is 0 Å². The van der Waals surface area contributed by atoms with Gasteiger partial charge in [0, 0.05) is 47.4 Å². The zero-order valence-corrected chi connectivity index (χ0v) is 24.5. The quantitative estimate of drug-likeness (QED) is 0.177. The van der Waals surface area contributed by atoms with Gasteiger partial charge in [0.05, 0.1) is 22.4 Å². The first-order valence-corrected chi connectivity index (χ1v) is 16.2. The molecule has 6 rings (SSSR count). The van der Waals surface area contributed by atoms with Crippen molar-refractivity contribution in [2.75, 3.05) is 23.7 Å². The van der Waals surface area contributed by atoms with E-state index in [1.807, 2.05) is 48.7 Å². The Morgan fingerprint density at radius 1 is 0.950 bits per heavy atom. The van der Waals surface area contributed by atoms with Crippen molar-refractivity contribution in [2.45, 2.75) is 44.3 Å². The topological polar surface area (TPSA) is 62.6 Å². The first kappa shape index (κ1) is 27.0. The van der Waals surface area contributed by atoms with Crippen LogP contribution in [0.25, 0.3) is 10.8 Å². The van der Waals surface area contributed by atoms with E-state index in [4.69, 9.17) is 16.6 Å². The Kier molecular flexibility index (Phi) is 7.41. The molecule has 0 radical (unpaired) electrons. The molecule has 2 aliphatic rings. The van der Waals surface area contributed by atoms with Crippen molar-refractivity contribution in [3.05, 3.63) is 101 Å². The van der Waals surface area contributed by atoms with Gasteiger partial charge in [0.15, 0.2) is 9.84 Å². The molecule has 0 spiro atoms. The van der Waals surface area contributed by atoms with Crippen molar-refractivity contribution < 1.29 is 8.42 Å². The van der Waals surface area contributed by atoms with Gasteiger partial charge in [-0.15, -0.1) is 0 Å². The van der Waals surface area contributed by atoms with E-state index >= 15 is 0 Å². The molecule has 0 amide bonds. The number of aliphatic imine (C=N–C) groups is 1. The second-order valence-electron chi connectivity index (χ2n) is 11.3. The Balaban J connectivity index is 1.49. The van der Waals surface area contributed by atoms with Crippen molar-refractivity contribution in [1.29, 1.82) is 0 Å². The maximum absolute atomic E-state index is 12.8. The van der Waals surface area contributed by atoms with E-state index in [1.165, 1.54) is 0 Å². The lowest BCUT2D eigenvalue weighted by atomic mass is 9.89. The number of hydrogen-bond donors (Lipinski definition) is 0. The number of aromatic nitrogens is 1. The molecular formula is C33H34ClN3O2S. The first-order chi connectivity index (χ1) is 19.3. The smallest absolute Gasteiger partial charge is 0.153 e. The van der Waals surface area contributed by atoms with E-state index in [0.717, 1.165) is 76.9 Å². The van der Waals surface area contributed by atoms with Crippen molar-refractivity contribution in [3.8, 4) is 0 Å². The largest absolute Gasteiger partial charge is 0.370 e. The van der Waals surface area contributed by atoms with Crippen LogP contribution in [0, 0.1) is 5.92 Å². The van der Waals surface area contributed by atoms with Gasteiger partial charge in [0.25, 0.3) is 0 Å². The molecule has 1 aromatic heterocycles. The molecule has 0 saturated carbocycles. The van der Waals surface area contributed by atoms with E-state index < -0.39 is 9.84 Å². The van der Waals surface area contributed by atoms with E-state index in [2.05, 4.69) is 54.1 Å². The van der Waals surface area contributed by atoms with Gasteiger partial charge in [-0.1, -0.05) is 92.5 Å². The van der Waals surface area contributed by atoms with Crippen LogP contribution in [0.4, 0.5) is 11.4 Å². The number of fused-ring (bicyclic) bond motifs is 1. The summed E-state index contributed by atoms with van der Waals surface area (Å²) in [6, 6.07) is 24.7. The standard InChI is InChI=1S/C33H34ClN3O2S/c1-22(2)32-26-17-31(34)35-19-27(26)29(37-20-25(21-37)30-15-9-10-16-40(30,38)39)18-28(32)36-33(23-11-5-3-6-12-23)24-13-7-4-8-14-24/h3-8,11-14,17-19,22,25,30H,9-10,15-16,20-21H2,1-2H3. The minimum Gasteiger partial charge on any atom is -0.370 e. The van der Waals surface area contributed by atoms with Gasteiger partial charge in [-0.2, -0.15) is 0 Å². The van der Waals surface area contributed by atoms with Crippen LogP contribution in [0.15, 0.2) is 84.0 Å². The Labute approximate surface area is 241 Å². The molecule has 3 aromatic carbocycles. The summed E-state index contributed by atoms with van der Waals surface area (Å²) in [6.07, 6.45) is 4.41. The zero-order chi connectivity index (χ0) is 27.9. The summed E-state index contributed by atoms with van der Waals surface area (Å²) >= 11 is 6.45. The highest BCUT2D eigenvalue weighted by molar-refractivity contribution is 7.92. The predicted molar refractivity (Wildman–Crippen MR) is 166 cm³/mol. The molecule has 40 heavy (non-hydrogen) atoms. The highest BCUT2D eigenvalue weighted by atomic mass is 35.5. The molecule has 5 nitrogen and oxygen atoms in total. The van der Waals surface area contributed by atoms with Crippen LogP contribution in [0.1, 0.15) is 55.7 Å². The fourth-order valence-corrected chi connectivity index (χ4v) is 8.65. The Bertz CT molecular complexity index is 1620. The highest BCUT2D eigenvalue weighted by Gasteiger charge is 2.42. The zero-order valence-electron chi connectivity index (χ0n) is 22.9. The van der Waals surface area contributed by atoms with Crippen molar-refractivity contribution in [1.82, 2.24) is 4.98 Å². The SMILES string of the molecule is CC(C)c1c(N=C(c2ccccc2)c2ccccc2)cc(N2CC(C3CCCCS3(=O)=O)C2)c2cnc(Cl)cc12. The summed E-state index contributed by atoms with van der Waals surface area (Å²) in [5.41, 5.74) is 6.06. The monoisotopic (exact) mass is 571 g/mol. The fraction of sp³-hybridized carbons (Fsp3) is 0.333. The van der Waals surface area contributed by atoms with Gasteiger partial charge >= 0.3 is 0 Å². The molecular weight excluding hydrogens is 538 g/mol. The number of rotatable bonds is 6. The molecule has 2 aliphatic heterocycles. The van der Waals surface area contributed by atoms with Gasteiger partial charge in [-0.05, 0) is 41.8 Å². The van der Waals surface area contributed by atoms with Crippen LogP contribution in [0.2, 0.25) is 5.15 Å². The number of halogens is 1. The third-order valence-corrected chi connectivity index (χ3v) is 10.9. The van der Waals surface area contributed by atoms with Crippen LogP contribution in [-0.4, -0.2) is 43.2 Å². The summed E-state index contributed by atoms with van der Waals surface area (Å²) in [6.45, 7) is 5.80.